The second kappa shape index (κ2) is 7.12. The number of thiophene rings is 1. The number of hydrogen-bond donors (Lipinski definition) is 0. The Balaban J connectivity index is 1.70. The molecule has 2 aromatic rings. The molecule has 0 bridgehead atoms. The lowest BCUT2D eigenvalue weighted by molar-refractivity contribution is -0.151. The average Bonchev–Trinajstić information content (AvgIpc) is 3.07. The summed E-state index contributed by atoms with van der Waals surface area (Å²) in [6.45, 7) is 2.92. The molecule has 1 aliphatic rings. The van der Waals surface area contributed by atoms with Gasteiger partial charge in [-0.05, 0) is 31.2 Å². The lowest BCUT2D eigenvalue weighted by atomic mass is 9.98. The fourth-order valence-corrected chi connectivity index (χ4v) is 3.71. The van der Waals surface area contributed by atoms with Crippen LogP contribution in [0.5, 0.6) is 0 Å². The van der Waals surface area contributed by atoms with Gasteiger partial charge in [-0.15, -0.1) is 11.3 Å². The summed E-state index contributed by atoms with van der Waals surface area (Å²) in [7, 11) is 0. The number of piperidine rings is 1. The second-order valence-electron chi connectivity index (χ2n) is 5.74. The van der Waals surface area contributed by atoms with Gasteiger partial charge in [-0.25, -0.2) is 4.68 Å². The zero-order valence-electron chi connectivity index (χ0n) is 13.4. The number of rotatable bonds is 4. The molecule has 1 saturated heterocycles. The fourth-order valence-electron chi connectivity index (χ4n) is 2.89. The van der Waals surface area contributed by atoms with Crippen molar-refractivity contribution in [3.05, 3.63) is 28.0 Å². The van der Waals surface area contributed by atoms with E-state index in [1.165, 1.54) is 16.0 Å². The largest absolute Gasteiger partial charge is 0.466 e. The van der Waals surface area contributed by atoms with Gasteiger partial charge in [0.25, 0.3) is 5.56 Å². The van der Waals surface area contributed by atoms with E-state index in [4.69, 9.17) is 4.74 Å². The molecule has 0 radical (unpaired) electrons. The Kier molecular flexibility index (Phi) is 4.94. The van der Waals surface area contributed by atoms with E-state index in [0.717, 1.165) is 18.2 Å². The van der Waals surface area contributed by atoms with E-state index in [1.807, 2.05) is 11.4 Å². The summed E-state index contributed by atoms with van der Waals surface area (Å²) in [6.07, 6.45) is 3.07. The molecule has 1 amide bonds. The van der Waals surface area contributed by atoms with E-state index < -0.39 is 0 Å². The highest BCUT2D eigenvalue weighted by Gasteiger charge is 2.29. The molecule has 0 aliphatic carbocycles. The Bertz CT molecular complexity index is 813. The summed E-state index contributed by atoms with van der Waals surface area (Å²) >= 11 is 1.34. The molecule has 0 spiro atoms. The van der Waals surface area contributed by atoms with E-state index in [0.29, 0.717) is 24.4 Å². The molecule has 1 aliphatic heterocycles. The van der Waals surface area contributed by atoms with Crippen LogP contribution < -0.4 is 5.56 Å². The van der Waals surface area contributed by atoms with Crippen molar-refractivity contribution in [2.45, 2.75) is 26.3 Å². The summed E-state index contributed by atoms with van der Waals surface area (Å²) in [6, 6.07) is 1.83. The molecule has 3 rings (SSSR count). The second-order valence-corrected chi connectivity index (χ2v) is 6.66. The number of ether oxygens (including phenoxy) is 1. The predicted molar refractivity (Wildman–Crippen MR) is 89.8 cm³/mol. The van der Waals surface area contributed by atoms with E-state index in [1.54, 1.807) is 18.0 Å². The smallest absolute Gasteiger partial charge is 0.310 e. The highest BCUT2D eigenvalue weighted by atomic mass is 32.1. The van der Waals surface area contributed by atoms with E-state index in [9.17, 15) is 14.4 Å². The number of esters is 1. The Morgan fingerprint density at radius 3 is 3.08 bits per heavy atom. The highest BCUT2D eigenvalue weighted by molar-refractivity contribution is 7.17. The predicted octanol–water partition coefficient (Wildman–Crippen LogP) is 1.26. The number of likely N-dealkylation sites (tertiary alicyclic amines) is 1. The SMILES string of the molecule is CCOC(=O)[C@@H]1CCCN(C(=O)Cn2ncc3ccsc3c2=O)C1. The standard InChI is InChI=1S/C16H19N3O4S/c1-2-23-16(22)12-4-3-6-18(9-12)13(20)10-19-15(21)14-11(8-17-19)5-7-24-14/h5,7-8,12H,2-4,6,9-10H2,1H3/t12-/m1/s1. The number of hydrogen-bond acceptors (Lipinski definition) is 6. The molecule has 0 saturated carbocycles. The zero-order valence-corrected chi connectivity index (χ0v) is 14.3. The van der Waals surface area contributed by atoms with Gasteiger partial charge in [-0.3, -0.25) is 14.4 Å². The van der Waals surface area contributed by atoms with Gasteiger partial charge in [0.05, 0.1) is 18.7 Å². The molecule has 8 heteroatoms. The average molecular weight is 349 g/mol. The van der Waals surface area contributed by atoms with Gasteiger partial charge < -0.3 is 9.64 Å². The highest BCUT2D eigenvalue weighted by Crippen LogP contribution is 2.18. The topological polar surface area (TPSA) is 81.5 Å². The van der Waals surface area contributed by atoms with Crippen molar-refractivity contribution in [2.24, 2.45) is 5.92 Å². The Hall–Kier alpha value is -2.22. The molecule has 1 fully saturated rings. The zero-order chi connectivity index (χ0) is 17.1. The van der Waals surface area contributed by atoms with E-state index in [-0.39, 0.29) is 29.9 Å². The van der Waals surface area contributed by atoms with E-state index >= 15 is 0 Å². The number of amides is 1. The molecule has 2 aromatic heterocycles. The van der Waals surface area contributed by atoms with Crippen LogP contribution in [-0.4, -0.2) is 46.3 Å². The maximum atomic E-state index is 12.5. The Morgan fingerprint density at radius 1 is 1.46 bits per heavy atom. The molecule has 24 heavy (non-hydrogen) atoms. The molecule has 0 unspecified atom stereocenters. The minimum absolute atomic E-state index is 0.109. The van der Waals surface area contributed by atoms with Crippen LogP contribution >= 0.6 is 11.3 Å². The fraction of sp³-hybridized carbons (Fsp3) is 0.500. The number of nitrogens with zero attached hydrogens (tertiary/aromatic N) is 3. The summed E-state index contributed by atoms with van der Waals surface area (Å²) in [4.78, 5) is 38.3. The summed E-state index contributed by atoms with van der Waals surface area (Å²) in [5.74, 6) is -0.744. The van der Waals surface area contributed by atoms with Gasteiger partial charge in [-0.1, -0.05) is 0 Å². The number of carbonyl (C=O) groups is 2. The molecule has 0 N–H and O–H groups in total. The number of aromatic nitrogens is 2. The molecule has 3 heterocycles. The number of fused-ring (bicyclic) bond motifs is 1. The molecule has 0 aromatic carbocycles. The van der Waals surface area contributed by atoms with E-state index in [2.05, 4.69) is 5.10 Å². The van der Waals surface area contributed by atoms with Crippen molar-refractivity contribution >= 4 is 33.3 Å². The van der Waals surface area contributed by atoms with Crippen LogP contribution in [0.2, 0.25) is 0 Å². The van der Waals surface area contributed by atoms with Crippen LogP contribution in [0.1, 0.15) is 19.8 Å². The van der Waals surface area contributed by atoms with Gasteiger partial charge in [0.1, 0.15) is 11.2 Å². The molecular formula is C16H19N3O4S. The quantitative estimate of drug-likeness (QED) is 0.776. The van der Waals surface area contributed by atoms with Crippen LogP contribution in [0, 0.1) is 5.92 Å². The Labute approximate surface area is 142 Å². The van der Waals surface area contributed by atoms with Crippen molar-refractivity contribution in [3.8, 4) is 0 Å². The minimum atomic E-state index is -0.285. The van der Waals surface area contributed by atoms with Crippen LogP contribution in [0.15, 0.2) is 22.4 Å². The monoisotopic (exact) mass is 349 g/mol. The van der Waals surface area contributed by atoms with Crippen LogP contribution in [0.25, 0.3) is 10.1 Å². The molecular weight excluding hydrogens is 330 g/mol. The number of carbonyl (C=O) groups excluding carboxylic acids is 2. The van der Waals surface area contributed by atoms with Gasteiger partial charge in [-0.2, -0.15) is 5.10 Å². The van der Waals surface area contributed by atoms with Crippen molar-refractivity contribution in [1.82, 2.24) is 14.7 Å². The van der Waals surface area contributed by atoms with Gasteiger partial charge in [0.15, 0.2) is 0 Å². The first-order valence-corrected chi connectivity index (χ1v) is 8.86. The van der Waals surface area contributed by atoms with Crippen molar-refractivity contribution in [2.75, 3.05) is 19.7 Å². The molecule has 128 valence electrons. The first-order valence-electron chi connectivity index (χ1n) is 7.98. The summed E-state index contributed by atoms with van der Waals surface area (Å²) in [5, 5.41) is 6.68. The van der Waals surface area contributed by atoms with Crippen molar-refractivity contribution in [1.29, 1.82) is 0 Å². The third kappa shape index (κ3) is 3.33. The first kappa shape index (κ1) is 16.6. The summed E-state index contributed by atoms with van der Waals surface area (Å²) < 4.78 is 6.83. The van der Waals surface area contributed by atoms with Gasteiger partial charge >= 0.3 is 5.97 Å². The maximum absolute atomic E-state index is 12.5. The first-order chi connectivity index (χ1) is 11.6. The third-order valence-electron chi connectivity index (χ3n) is 4.14. The normalized spacial score (nSPS) is 17.9. The molecule has 1 atom stereocenters. The van der Waals surface area contributed by atoms with Crippen molar-refractivity contribution < 1.29 is 14.3 Å². The van der Waals surface area contributed by atoms with Gasteiger partial charge in [0, 0.05) is 18.5 Å². The van der Waals surface area contributed by atoms with Gasteiger partial charge in [0.2, 0.25) is 5.91 Å². The molecule has 7 nitrogen and oxygen atoms in total. The Morgan fingerprint density at radius 2 is 2.29 bits per heavy atom. The van der Waals surface area contributed by atoms with Crippen LogP contribution in [0.3, 0.4) is 0 Å². The minimum Gasteiger partial charge on any atom is -0.466 e. The lowest BCUT2D eigenvalue weighted by Crippen LogP contribution is -2.45. The maximum Gasteiger partial charge on any atom is 0.310 e. The van der Waals surface area contributed by atoms with Crippen molar-refractivity contribution in [3.63, 3.8) is 0 Å². The van der Waals surface area contributed by atoms with Crippen LogP contribution in [-0.2, 0) is 20.9 Å². The summed E-state index contributed by atoms with van der Waals surface area (Å²) in [5.41, 5.74) is -0.255. The third-order valence-corrected chi connectivity index (χ3v) is 5.06. The lowest BCUT2D eigenvalue weighted by Gasteiger charge is -2.31. The van der Waals surface area contributed by atoms with Crippen LogP contribution in [0.4, 0.5) is 0 Å².